The zero-order valence-electron chi connectivity index (χ0n) is 11.8. The summed E-state index contributed by atoms with van der Waals surface area (Å²) in [5.74, 6) is 0.398. The van der Waals surface area contributed by atoms with Gasteiger partial charge in [-0.3, -0.25) is 4.79 Å². The highest BCUT2D eigenvalue weighted by Crippen LogP contribution is 2.17. The summed E-state index contributed by atoms with van der Waals surface area (Å²) in [6.45, 7) is 5.82. The van der Waals surface area contributed by atoms with E-state index in [1.54, 1.807) is 6.20 Å². The van der Waals surface area contributed by atoms with Crippen LogP contribution in [0.2, 0.25) is 0 Å². The monoisotopic (exact) mass is 270 g/mol. The second-order valence-electron chi connectivity index (χ2n) is 4.85. The minimum Gasteiger partial charge on any atom is -0.348 e. The van der Waals surface area contributed by atoms with Crippen LogP contribution in [0.5, 0.6) is 0 Å². The van der Waals surface area contributed by atoms with Crippen molar-refractivity contribution in [3.63, 3.8) is 0 Å². The fraction of sp³-hybridized carbons (Fsp3) is 0.267. The highest BCUT2D eigenvalue weighted by molar-refractivity contribution is 5.92. The van der Waals surface area contributed by atoms with Crippen LogP contribution in [0.25, 0.3) is 0 Å². The number of nitrogens with zero attached hydrogens (tertiary/aromatic N) is 2. The summed E-state index contributed by atoms with van der Waals surface area (Å²) in [6.07, 6.45) is 3.03. The average molecular weight is 270 g/mol. The molecular weight excluding hydrogens is 252 g/mol. The molecule has 104 valence electrons. The Hall–Kier alpha value is -2.43. The zero-order valence-corrected chi connectivity index (χ0v) is 11.8. The predicted molar refractivity (Wildman–Crippen MR) is 79.1 cm³/mol. The zero-order chi connectivity index (χ0) is 14.5. The van der Waals surface area contributed by atoms with Crippen molar-refractivity contribution in [1.82, 2.24) is 15.3 Å². The van der Waals surface area contributed by atoms with Gasteiger partial charge in [-0.05, 0) is 32.4 Å². The van der Waals surface area contributed by atoms with E-state index in [1.165, 1.54) is 6.20 Å². The van der Waals surface area contributed by atoms with Crippen LogP contribution < -0.4 is 10.6 Å². The third kappa shape index (κ3) is 3.54. The molecule has 0 saturated heterocycles. The van der Waals surface area contributed by atoms with Gasteiger partial charge in [0, 0.05) is 11.7 Å². The maximum atomic E-state index is 11.7. The van der Waals surface area contributed by atoms with E-state index < -0.39 is 0 Å². The van der Waals surface area contributed by atoms with E-state index in [4.69, 9.17) is 0 Å². The molecule has 2 aromatic rings. The molecule has 20 heavy (non-hydrogen) atoms. The van der Waals surface area contributed by atoms with Crippen molar-refractivity contribution in [3.8, 4) is 0 Å². The maximum absolute atomic E-state index is 11.7. The average Bonchev–Trinajstić information content (AvgIpc) is 2.41. The molecule has 0 unspecified atom stereocenters. The van der Waals surface area contributed by atoms with Gasteiger partial charge >= 0.3 is 0 Å². The standard InChI is InChI=1S/C15H18N4O/c1-10(2)18-15(20)13-8-17-14(9-16-13)19-12-7-5-4-6-11(12)3/h4-10H,1-3H3,(H,17,19)(H,18,20). The molecule has 0 spiro atoms. The molecule has 5 nitrogen and oxygen atoms in total. The van der Waals surface area contributed by atoms with E-state index in [1.807, 2.05) is 45.0 Å². The summed E-state index contributed by atoms with van der Waals surface area (Å²) in [4.78, 5) is 20.1. The molecule has 1 aromatic carbocycles. The Kier molecular flexibility index (Phi) is 4.30. The van der Waals surface area contributed by atoms with Crippen molar-refractivity contribution in [3.05, 3.63) is 47.9 Å². The summed E-state index contributed by atoms with van der Waals surface area (Å²) in [5, 5.41) is 5.95. The van der Waals surface area contributed by atoms with Crippen LogP contribution in [0.1, 0.15) is 29.9 Å². The predicted octanol–water partition coefficient (Wildman–Crippen LogP) is 2.67. The topological polar surface area (TPSA) is 66.9 Å². The highest BCUT2D eigenvalue weighted by atomic mass is 16.1. The molecule has 0 aliphatic rings. The smallest absolute Gasteiger partial charge is 0.271 e. The van der Waals surface area contributed by atoms with E-state index in [-0.39, 0.29) is 11.9 Å². The van der Waals surface area contributed by atoms with Crippen LogP contribution in [-0.2, 0) is 0 Å². The van der Waals surface area contributed by atoms with Crippen molar-refractivity contribution >= 4 is 17.4 Å². The Morgan fingerprint density at radius 2 is 1.90 bits per heavy atom. The fourth-order valence-electron chi connectivity index (χ4n) is 1.70. The number of carbonyl (C=O) groups excluding carboxylic acids is 1. The van der Waals surface area contributed by atoms with Gasteiger partial charge in [-0.2, -0.15) is 0 Å². The lowest BCUT2D eigenvalue weighted by molar-refractivity contribution is 0.0937. The molecule has 0 bridgehead atoms. The Balaban J connectivity index is 2.09. The number of aromatic nitrogens is 2. The van der Waals surface area contributed by atoms with Crippen molar-refractivity contribution in [1.29, 1.82) is 0 Å². The molecule has 0 radical (unpaired) electrons. The summed E-state index contributed by atoms with van der Waals surface area (Å²) < 4.78 is 0. The van der Waals surface area contributed by atoms with Crippen LogP contribution in [-0.4, -0.2) is 21.9 Å². The van der Waals surface area contributed by atoms with Gasteiger partial charge in [0.1, 0.15) is 11.5 Å². The Morgan fingerprint density at radius 3 is 2.50 bits per heavy atom. The summed E-state index contributed by atoms with van der Waals surface area (Å²) in [6, 6.07) is 7.99. The first-order chi connectivity index (χ1) is 9.56. The summed E-state index contributed by atoms with van der Waals surface area (Å²) >= 11 is 0. The number of para-hydroxylation sites is 1. The first-order valence-electron chi connectivity index (χ1n) is 6.52. The summed E-state index contributed by atoms with van der Waals surface area (Å²) in [7, 11) is 0. The van der Waals surface area contributed by atoms with Gasteiger partial charge < -0.3 is 10.6 Å². The van der Waals surface area contributed by atoms with E-state index in [2.05, 4.69) is 20.6 Å². The largest absolute Gasteiger partial charge is 0.348 e. The van der Waals surface area contributed by atoms with E-state index in [9.17, 15) is 4.79 Å². The maximum Gasteiger partial charge on any atom is 0.271 e. The number of anilines is 2. The third-order valence-electron chi connectivity index (χ3n) is 2.71. The summed E-state index contributed by atoms with van der Waals surface area (Å²) in [5.41, 5.74) is 2.41. The third-order valence-corrected chi connectivity index (χ3v) is 2.71. The van der Waals surface area contributed by atoms with E-state index >= 15 is 0 Å². The molecule has 1 amide bonds. The molecule has 0 aliphatic carbocycles. The number of amides is 1. The molecule has 2 N–H and O–H groups in total. The number of rotatable bonds is 4. The number of aryl methyl sites for hydroxylation is 1. The van der Waals surface area contributed by atoms with Crippen molar-refractivity contribution in [2.75, 3.05) is 5.32 Å². The highest BCUT2D eigenvalue weighted by Gasteiger charge is 2.09. The number of nitrogens with one attached hydrogen (secondary N) is 2. The molecule has 0 fully saturated rings. The molecule has 0 saturated carbocycles. The molecule has 5 heteroatoms. The lowest BCUT2D eigenvalue weighted by Crippen LogP contribution is -2.30. The SMILES string of the molecule is Cc1ccccc1Nc1cnc(C(=O)NC(C)C)cn1. The first kappa shape index (κ1) is 14.0. The lowest BCUT2D eigenvalue weighted by Gasteiger charge is -2.09. The second-order valence-corrected chi connectivity index (χ2v) is 4.85. The Labute approximate surface area is 118 Å². The van der Waals surface area contributed by atoms with Gasteiger partial charge in [0.15, 0.2) is 0 Å². The van der Waals surface area contributed by atoms with Crippen LogP contribution in [0.3, 0.4) is 0 Å². The van der Waals surface area contributed by atoms with Crippen molar-refractivity contribution in [2.24, 2.45) is 0 Å². The lowest BCUT2D eigenvalue weighted by atomic mass is 10.2. The molecule has 0 aliphatic heterocycles. The van der Waals surface area contributed by atoms with Crippen LogP contribution >= 0.6 is 0 Å². The van der Waals surface area contributed by atoms with Crippen LogP contribution in [0, 0.1) is 6.92 Å². The van der Waals surface area contributed by atoms with Crippen LogP contribution in [0.4, 0.5) is 11.5 Å². The van der Waals surface area contributed by atoms with E-state index in [0.717, 1.165) is 11.3 Å². The number of carbonyl (C=O) groups is 1. The molecule has 0 atom stereocenters. The van der Waals surface area contributed by atoms with Gasteiger partial charge in [0.25, 0.3) is 5.91 Å². The van der Waals surface area contributed by atoms with Gasteiger partial charge in [0.05, 0.1) is 12.4 Å². The molecule has 2 rings (SSSR count). The Morgan fingerprint density at radius 1 is 1.15 bits per heavy atom. The van der Waals surface area contributed by atoms with Gasteiger partial charge in [-0.1, -0.05) is 18.2 Å². The molecule has 1 heterocycles. The quantitative estimate of drug-likeness (QED) is 0.896. The minimum absolute atomic E-state index is 0.0778. The van der Waals surface area contributed by atoms with Crippen molar-refractivity contribution < 1.29 is 4.79 Å². The first-order valence-corrected chi connectivity index (χ1v) is 6.52. The van der Waals surface area contributed by atoms with Gasteiger partial charge in [0.2, 0.25) is 0 Å². The number of hydrogen-bond donors (Lipinski definition) is 2. The molecular formula is C15H18N4O. The number of hydrogen-bond acceptors (Lipinski definition) is 4. The number of benzene rings is 1. The van der Waals surface area contributed by atoms with E-state index in [0.29, 0.717) is 11.5 Å². The second kappa shape index (κ2) is 6.14. The normalized spacial score (nSPS) is 10.4. The molecule has 1 aromatic heterocycles. The fourth-order valence-corrected chi connectivity index (χ4v) is 1.70. The Bertz CT molecular complexity index is 593. The van der Waals surface area contributed by atoms with Gasteiger partial charge in [-0.15, -0.1) is 0 Å². The van der Waals surface area contributed by atoms with Crippen LogP contribution in [0.15, 0.2) is 36.7 Å². The van der Waals surface area contributed by atoms with Gasteiger partial charge in [-0.25, -0.2) is 9.97 Å². The van der Waals surface area contributed by atoms with Crippen molar-refractivity contribution in [2.45, 2.75) is 26.8 Å². The minimum atomic E-state index is -0.213.